The van der Waals surface area contributed by atoms with Gasteiger partial charge in [0.2, 0.25) is 0 Å². The number of ketones is 1. The minimum Gasteiger partial charge on any atom is -0.381 e. The van der Waals surface area contributed by atoms with Crippen molar-refractivity contribution in [1.29, 1.82) is 0 Å². The van der Waals surface area contributed by atoms with Crippen LogP contribution in [0.15, 0.2) is 71.0 Å². The number of carbonyl (C=O) groups excluding carboxylic acids is 1. The summed E-state index contributed by atoms with van der Waals surface area (Å²) in [7, 11) is 0. The molecule has 1 aromatic carbocycles. The number of benzene rings is 1. The third-order valence-corrected chi connectivity index (χ3v) is 4.52. The predicted octanol–water partition coefficient (Wildman–Crippen LogP) is 4.56. The second kappa shape index (κ2) is 6.94. The van der Waals surface area contributed by atoms with Crippen molar-refractivity contribution in [2.75, 3.05) is 0 Å². The molecule has 0 aromatic heterocycles. The van der Waals surface area contributed by atoms with E-state index in [1.54, 1.807) is 31.2 Å². The maximum atomic E-state index is 13.8. The van der Waals surface area contributed by atoms with Crippen molar-refractivity contribution in [3.8, 4) is 0 Å². The van der Waals surface area contributed by atoms with Crippen molar-refractivity contribution in [2.24, 2.45) is 0 Å². The second-order valence-electron chi connectivity index (χ2n) is 6.35. The van der Waals surface area contributed by atoms with Crippen LogP contribution in [0.3, 0.4) is 0 Å². The Kier molecular flexibility index (Phi) is 4.85. The normalized spacial score (nSPS) is 20.7. The number of nitrogens with one attached hydrogen (secondary N) is 1. The molecule has 1 atom stereocenters. The van der Waals surface area contributed by atoms with E-state index in [4.69, 9.17) is 0 Å². The van der Waals surface area contributed by atoms with Crippen molar-refractivity contribution in [2.45, 2.75) is 32.0 Å². The van der Waals surface area contributed by atoms with Gasteiger partial charge in [-0.2, -0.15) is 13.2 Å². The lowest BCUT2D eigenvalue weighted by Crippen LogP contribution is -2.32. The Hall–Kier alpha value is -2.63. The lowest BCUT2D eigenvalue weighted by molar-refractivity contribution is -0.115. The fourth-order valence-corrected chi connectivity index (χ4v) is 3.13. The lowest BCUT2D eigenvalue weighted by atomic mass is 9.84. The molecule has 136 valence electrons. The maximum absolute atomic E-state index is 13.8. The van der Waals surface area contributed by atoms with Gasteiger partial charge in [0.15, 0.2) is 5.78 Å². The number of alkyl halides is 3. The zero-order chi connectivity index (χ0) is 18.9. The molecule has 0 bridgehead atoms. The Labute approximate surface area is 148 Å². The molecule has 1 aliphatic carbocycles. The van der Waals surface area contributed by atoms with Crippen LogP contribution in [0.2, 0.25) is 0 Å². The lowest BCUT2D eigenvalue weighted by Gasteiger charge is -2.26. The summed E-state index contributed by atoms with van der Waals surface area (Å²) in [5.41, 5.74) is 1.39. The van der Waals surface area contributed by atoms with Gasteiger partial charge in [-0.25, -0.2) is 4.39 Å². The average Bonchev–Trinajstić information content (AvgIpc) is 2.59. The Balaban J connectivity index is 1.88. The molecule has 26 heavy (non-hydrogen) atoms. The Morgan fingerprint density at radius 1 is 1.23 bits per heavy atom. The van der Waals surface area contributed by atoms with E-state index in [9.17, 15) is 22.4 Å². The molecule has 1 N–H and O–H groups in total. The highest BCUT2D eigenvalue weighted by Gasteiger charge is 2.34. The summed E-state index contributed by atoms with van der Waals surface area (Å²) in [5.74, 6) is -0.575. The van der Waals surface area contributed by atoms with Crippen LogP contribution in [0.4, 0.5) is 17.6 Å². The minimum absolute atomic E-state index is 0.00820. The molecule has 2 aliphatic rings. The van der Waals surface area contributed by atoms with Crippen LogP contribution in [-0.2, 0) is 11.2 Å². The van der Waals surface area contributed by atoms with Gasteiger partial charge in [0.1, 0.15) is 5.82 Å². The number of hydrogen-bond donors (Lipinski definition) is 1. The van der Waals surface area contributed by atoms with E-state index >= 15 is 0 Å². The fraction of sp³-hybridized carbons (Fsp3) is 0.250. The van der Waals surface area contributed by atoms with Gasteiger partial charge in [0, 0.05) is 18.4 Å². The van der Waals surface area contributed by atoms with Gasteiger partial charge in [-0.1, -0.05) is 24.3 Å². The standard InChI is InChI=1S/C20H17F4NO/c1-12-8-14(18-11-15(6-7-25-18)20(22,23)24)10-19(26)16(12)9-13-4-2-3-5-17(13)21/h2-8,11,18,25H,9-10H2,1H3. The molecule has 0 spiro atoms. The van der Waals surface area contributed by atoms with Gasteiger partial charge in [-0.15, -0.1) is 0 Å². The monoisotopic (exact) mass is 363 g/mol. The minimum atomic E-state index is -4.43. The number of rotatable bonds is 3. The number of halogens is 4. The largest absolute Gasteiger partial charge is 0.416 e. The van der Waals surface area contributed by atoms with Crippen molar-refractivity contribution < 1.29 is 22.4 Å². The molecule has 6 heteroatoms. The Morgan fingerprint density at radius 3 is 2.62 bits per heavy atom. The van der Waals surface area contributed by atoms with E-state index in [1.165, 1.54) is 12.3 Å². The molecular weight excluding hydrogens is 346 g/mol. The highest BCUT2D eigenvalue weighted by atomic mass is 19.4. The molecule has 0 fully saturated rings. The summed E-state index contributed by atoms with van der Waals surface area (Å²) in [4.78, 5) is 12.5. The zero-order valence-corrected chi connectivity index (χ0v) is 14.0. The van der Waals surface area contributed by atoms with Gasteiger partial charge in [-0.05, 0) is 48.1 Å². The number of allylic oxidation sites excluding steroid dienone is 5. The third-order valence-electron chi connectivity index (χ3n) is 4.52. The van der Waals surface area contributed by atoms with Crippen molar-refractivity contribution >= 4 is 5.78 Å². The van der Waals surface area contributed by atoms with E-state index < -0.39 is 17.8 Å². The molecule has 1 aliphatic heterocycles. The summed E-state index contributed by atoms with van der Waals surface area (Å²) in [6, 6.07) is 5.54. The van der Waals surface area contributed by atoms with Crippen LogP contribution in [0, 0.1) is 5.82 Å². The highest BCUT2D eigenvalue weighted by molar-refractivity contribution is 6.00. The fourth-order valence-electron chi connectivity index (χ4n) is 3.13. The predicted molar refractivity (Wildman–Crippen MR) is 90.7 cm³/mol. The number of Topliss-reactive ketones (excluding diaryl/α,β-unsaturated/α-hetero) is 1. The SMILES string of the molecule is CC1=C(Cc2ccccc2F)C(=O)CC(C2C=C(C(F)(F)F)C=CN2)=C1. The van der Waals surface area contributed by atoms with E-state index in [1.807, 2.05) is 0 Å². The van der Waals surface area contributed by atoms with E-state index in [0.29, 0.717) is 22.3 Å². The second-order valence-corrected chi connectivity index (χ2v) is 6.35. The topological polar surface area (TPSA) is 29.1 Å². The number of carbonyl (C=O) groups is 1. The molecule has 0 radical (unpaired) electrons. The first kappa shape index (κ1) is 18.2. The quantitative estimate of drug-likeness (QED) is 0.798. The van der Waals surface area contributed by atoms with Crippen molar-refractivity contribution in [3.63, 3.8) is 0 Å². The Bertz CT molecular complexity index is 859. The molecule has 2 nitrogen and oxygen atoms in total. The first-order chi connectivity index (χ1) is 12.3. The van der Waals surface area contributed by atoms with Gasteiger partial charge >= 0.3 is 6.18 Å². The van der Waals surface area contributed by atoms with Crippen molar-refractivity contribution in [1.82, 2.24) is 5.32 Å². The first-order valence-electron chi connectivity index (χ1n) is 8.14. The van der Waals surface area contributed by atoms with Crippen LogP contribution < -0.4 is 5.32 Å². The number of dihydropyridines is 1. The van der Waals surface area contributed by atoms with Gasteiger partial charge in [0.25, 0.3) is 0 Å². The molecule has 3 rings (SSSR count). The zero-order valence-electron chi connectivity index (χ0n) is 14.0. The molecule has 0 amide bonds. The maximum Gasteiger partial charge on any atom is 0.416 e. The van der Waals surface area contributed by atoms with Crippen LogP contribution in [-0.4, -0.2) is 18.0 Å². The first-order valence-corrected chi connectivity index (χ1v) is 8.14. The summed E-state index contributed by atoms with van der Waals surface area (Å²) >= 11 is 0. The van der Waals surface area contributed by atoms with Gasteiger partial charge in [0.05, 0.1) is 11.6 Å². The Morgan fingerprint density at radius 2 is 1.96 bits per heavy atom. The molecule has 1 unspecified atom stereocenters. The van der Waals surface area contributed by atoms with E-state index in [2.05, 4.69) is 5.32 Å². The smallest absolute Gasteiger partial charge is 0.381 e. The molecule has 0 saturated heterocycles. The van der Waals surface area contributed by atoms with E-state index in [0.717, 1.165) is 12.2 Å². The van der Waals surface area contributed by atoms with Crippen LogP contribution in [0.5, 0.6) is 0 Å². The summed E-state index contributed by atoms with van der Waals surface area (Å²) in [6.07, 6.45) is 0.752. The van der Waals surface area contributed by atoms with Crippen LogP contribution in [0.1, 0.15) is 18.9 Å². The van der Waals surface area contributed by atoms with Crippen LogP contribution in [0.25, 0.3) is 0 Å². The van der Waals surface area contributed by atoms with Gasteiger partial charge in [-0.3, -0.25) is 4.79 Å². The van der Waals surface area contributed by atoms with Gasteiger partial charge < -0.3 is 5.32 Å². The molecule has 0 saturated carbocycles. The average molecular weight is 363 g/mol. The highest BCUT2D eigenvalue weighted by Crippen LogP contribution is 2.32. The summed E-state index contributed by atoms with van der Waals surface area (Å²) in [6.45, 7) is 1.72. The van der Waals surface area contributed by atoms with Crippen molar-refractivity contribution in [3.05, 3.63) is 82.4 Å². The molecule has 1 aromatic rings. The summed E-state index contributed by atoms with van der Waals surface area (Å²) in [5, 5.41) is 2.85. The number of hydrogen-bond acceptors (Lipinski definition) is 2. The van der Waals surface area contributed by atoms with E-state index in [-0.39, 0.29) is 24.4 Å². The van der Waals surface area contributed by atoms with Crippen LogP contribution >= 0.6 is 0 Å². The third kappa shape index (κ3) is 3.79. The summed E-state index contributed by atoms with van der Waals surface area (Å²) < 4.78 is 52.5. The molecular formula is C20H17F4NO. The molecule has 1 heterocycles.